The van der Waals surface area contributed by atoms with Gasteiger partial charge in [-0.15, -0.1) is 0 Å². The standard InChI is InChI=1S/C17H21NO3/c1-12(2)14-6-3-13(4-7-14)5-8-16(19)18-10-9-15(11-18)17(20)21/h3-8,12,15H,9-11H2,1-2H3,(H,20,21). The average Bonchev–Trinajstić information content (AvgIpc) is 2.95. The molecule has 1 aliphatic heterocycles. The van der Waals surface area contributed by atoms with Crippen molar-refractivity contribution in [1.29, 1.82) is 0 Å². The van der Waals surface area contributed by atoms with Crippen molar-refractivity contribution in [3.8, 4) is 0 Å². The number of aliphatic carboxylic acids is 1. The van der Waals surface area contributed by atoms with Gasteiger partial charge in [0, 0.05) is 19.2 Å². The van der Waals surface area contributed by atoms with E-state index in [1.54, 1.807) is 11.0 Å². The SMILES string of the molecule is CC(C)c1ccc(C=CC(=O)N2CCC(C(=O)O)C2)cc1. The van der Waals surface area contributed by atoms with E-state index in [4.69, 9.17) is 5.11 Å². The van der Waals surface area contributed by atoms with E-state index in [-0.39, 0.29) is 5.91 Å². The van der Waals surface area contributed by atoms with Crippen LogP contribution >= 0.6 is 0 Å². The monoisotopic (exact) mass is 287 g/mol. The Hall–Kier alpha value is -2.10. The Balaban J connectivity index is 1.95. The topological polar surface area (TPSA) is 57.6 Å². The van der Waals surface area contributed by atoms with E-state index in [1.807, 2.05) is 12.1 Å². The Morgan fingerprint density at radius 2 is 1.95 bits per heavy atom. The van der Waals surface area contributed by atoms with E-state index in [0.717, 1.165) is 5.56 Å². The molecule has 1 aromatic carbocycles. The number of benzene rings is 1. The van der Waals surface area contributed by atoms with Crippen molar-refractivity contribution < 1.29 is 14.7 Å². The lowest BCUT2D eigenvalue weighted by atomic mass is 10.0. The molecular formula is C17H21NO3. The molecule has 0 saturated carbocycles. The Morgan fingerprint density at radius 3 is 2.48 bits per heavy atom. The van der Waals surface area contributed by atoms with Crippen LogP contribution in [0.5, 0.6) is 0 Å². The van der Waals surface area contributed by atoms with E-state index in [9.17, 15) is 9.59 Å². The molecule has 1 saturated heterocycles. The largest absolute Gasteiger partial charge is 0.481 e. The fraction of sp³-hybridized carbons (Fsp3) is 0.412. The maximum Gasteiger partial charge on any atom is 0.308 e. The van der Waals surface area contributed by atoms with E-state index in [2.05, 4.69) is 26.0 Å². The quantitative estimate of drug-likeness (QED) is 0.866. The molecule has 1 fully saturated rings. The van der Waals surface area contributed by atoms with Gasteiger partial charge in [0.2, 0.25) is 5.91 Å². The fourth-order valence-electron chi connectivity index (χ4n) is 2.43. The van der Waals surface area contributed by atoms with Crippen molar-refractivity contribution in [3.05, 3.63) is 41.5 Å². The highest BCUT2D eigenvalue weighted by atomic mass is 16.4. The van der Waals surface area contributed by atoms with Crippen LogP contribution in [0.2, 0.25) is 0 Å². The summed E-state index contributed by atoms with van der Waals surface area (Å²) in [5.74, 6) is -0.875. The summed E-state index contributed by atoms with van der Waals surface area (Å²) in [5, 5.41) is 8.94. The second kappa shape index (κ2) is 6.57. The summed E-state index contributed by atoms with van der Waals surface area (Å²) in [4.78, 5) is 24.5. The minimum atomic E-state index is -0.821. The summed E-state index contributed by atoms with van der Waals surface area (Å²) in [6, 6.07) is 8.10. The summed E-state index contributed by atoms with van der Waals surface area (Å²) in [7, 11) is 0. The van der Waals surface area contributed by atoms with Crippen molar-refractivity contribution in [2.45, 2.75) is 26.2 Å². The second-order valence-electron chi connectivity index (χ2n) is 5.76. The molecule has 1 atom stereocenters. The molecule has 1 aromatic rings. The first-order valence-corrected chi connectivity index (χ1v) is 7.27. The molecule has 1 heterocycles. The van der Waals surface area contributed by atoms with Crippen LogP contribution in [-0.4, -0.2) is 35.0 Å². The summed E-state index contributed by atoms with van der Waals surface area (Å²) < 4.78 is 0. The van der Waals surface area contributed by atoms with Crippen LogP contribution in [-0.2, 0) is 9.59 Å². The van der Waals surface area contributed by atoms with Crippen molar-refractivity contribution in [3.63, 3.8) is 0 Å². The molecule has 1 unspecified atom stereocenters. The van der Waals surface area contributed by atoms with Crippen molar-refractivity contribution in [1.82, 2.24) is 4.90 Å². The molecule has 21 heavy (non-hydrogen) atoms. The molecule has 2 rings (SSSR count). The maximum atomic E-state index is 12.0. The summed E-state index contributed by atoms with van der Waals surface area (Å²) in [6.07, 6.45) is 3.84. The van der Waals surface area contributed by atoms with Gasteiger partial charge in [-0.2, -0.15) is 0 Å². The third-order valence-corrected chi connectivity index (χ3v) is 3.87. The third-order valence-electron chi connectivity index (χ3n) is 3.87. The zero-order chi connectivity index (χ0) is 15.4. The van der Waals surface area contributed by atoms with Crippen LogP contribution in [0.4, 0.5) is 0 Å². The first kappa shape index (κ1) is 15.3. The van der Waals surface area contributed by atoms with Crippen LogP contribution in [0.25, 0.3) is 6.08 Å². The molecular weight excluding hydrogens is 266 g/mol. The van der Waals surface area contributed by atoms with E-state index >= 15 is 0 Å². The number of hydrogen-bond acceptors (Lipinski definition) is 2. The number of carboxylic acids is 1. The molecule has 0 radical (unpaired) electrons. The molecule has 0 bridgehead atoms. The van der Waals surface area contributed by atoms with Crippen LogP contribution in [0, 0.1) is 5.92 Å². The number of carbonyl (C=O) groups is 2. The highest BCUT2D eigenvalue weighted by molar-refractivity contribution is 5.92. The lowest BCUT2D eigenvalue weighted by Crippen LogP contribution is -2.28. The van der Waals surface area contributed by atoms with E-state index in [1.165, 1.54) is 11.6 Å². The van der Waals surface area contributed by atoms with E-state index < -0.39 is 11.9 Å². The summed E-state index contributed by atoms with van der Waals surface area (Å²) in [5.41, 5.74) is 2.24. The number of nitrogens with zero attached hydrogens (tertiary/aromatic N) is 1. The van der Waals surface area contributed by atoms with Crippen LogP contribution in [0.3, 0.4) is 0 Å². The summed E-state index contributed by atoms with van der Waals surface area (Å²) >= 11 is 0. The number of amides is 1. The number of hydrogen-bond donors (Lipinski definition) is 1. The normalized spacial score (nSPS) is 18.6. The predicted octanol–water partition coefficient (Wildman–Crippen LogP) is 2.76. The summed E-state index contributed by atoms with van der Waals surface area (Å²) in [6.45, 7) is 5.11. The smallest absolute Gasteiger partial charge is 0.308 e. The van der Waals surface area contributed by atoms with Gasteiger partial charge in [0.05, 0.1) is 5.92 Å². The minimum absolute atomic E-state index is 0.119. The fourth-order valence-corrected chi connectivity index (χ4v) is 2.43. The van der Waals surface area contributed by atoms with Crippen molar-refractivity contribution >= 4 is 18.0 Å². The average molecular weight is 287 g/mol. The van der Waals surface area contributed by atoms with Gasteiger partial charge < -0.3 is 10.0 Å². The van der Waals surface area contributed by atoms with Gasteiger partial charge >= 0.3 is 5.97 Å². The zero-order valence-corrected chi connectivity index (χ0v) is 12.5. The molecule has 0 aromatic heterocycles. The highest BCUT2D eigenvalue weighted by Crippen LogP contribution is 2.18. The number of rotatable bonds is 4. The van der Waals surface area contributed by atoms with Gasteiger partial charge in [0.15, 0.2) is 0 Å². The lowest BCUT2D eigenvalue weighted by molar-refractivity contribution is -0.141. The lowest BCUT2D eigenvalue weighted by Gasteiger charge is -2.12. The third kappa shape index (κ3) is 3.94. The van der Waals surface area contributed by atoms with Crippen molar-refractivity contribution in [2.75, 3.05) is 13.1 Å². The minimum Gasteiger partial charge on any atom is -0.481 e. The van der Waals surface area contributed by atoms with Gasteiger partial charge in [-0.3, -0.25) is 9.59 Å². The number of carboxylic acid groups (broad SMARTS) is 1. The van der Waals surface area contributed by atoms with Gasteiger partial charge in [-0.1, -0.05) is 38.1 Å². The molecule has 1 N–H and O–H groups in total. The Kier molecular flexibility index (Phi) is 4.78. The molecule has 0 aliphatic carbocycles. The van der Waals surface area contributed by atoms with Gasteiger partial charge in [0.25, 0.3) is 0 Å². The molecule has 4 heteroatoms. The van der Waals surface area contributed by atoms with Gasteiger partial charge in [0.1, 0.15) is 0 Å². The van der Waals surface area contributed by atoms with Crippen LogP contribution in [0.15, 0.2) is 30.3 Å². The van der Waals surface area contributed by atoms with E-state index in [0.29, 0.717) is 25.4 Å². The Morgan fingerprint density at radius 1 is 1.29 bits per heavy atom. The van der Waals surface area contributed by atoms with Crippen LogP contribution < -0.4 is 0 Å². The first-order chi connectivity index (χ1) is 9.97. The Bertz CT molecular complexity index is 546. The van der Waals surface area contributed by atoms with Crippen molar-refractivity contribution in [2.24, 2.45) is 5.92 Å². The maximum absolute atomic E-state index is 12.0. The Labute approximate surface area is 125 Å². The second-order valence-corrected chi connectivity index (χ2v) is 5.76. The number of carbonyl (C=O) groups excluding carboxylic acids is 1. The van der Waals surface area contributed by atoms with Crippen LogP contribution in [0.1, 0.15) is 37.3 Å². The highest BCUT2D eigenvalue weighted by Gasteiger charge is 2.29. The molecule has 112 valence electrons. The molecule has 1 aliphatic rings. The molecule has 4 nitrogen and oxygen atoms in total. The predicted molar refractivity (Wildman–Crippen MR) is 81.9 cm³/mol. The zero-order valence-electron chi connectivity index (χ0n) is 12.5. The number of likely N-dealkylation sites (tertiary alicyclic amines) is 1. The van der Waals surface area contributed by atoms with Gasteiger partial charge in [-0.05, 0) is 29.5 Å². The van der Waals surface area contributed by atoms with Gasteiger partial charge in [-0.25, -0.2) is 0 Å². The molecule has 1 amide bonds. The first-order valence-electron chi connectivity index (χ1n) is 7.27. The molecule has 0 spiro atoms.